The molecule has 0 aliphatic carbocycles. The van der Waals surface area contributed by atoms with E-state index in [1.807, 2.05) is 12.1 Å². The van der Waals surface area contributed by atoms with Crippen molar-refractivity contribution in [3.63, 3.8) is 0 Å². The molecular weight excluding hydrogens is 306 g/mol. The molecule has 0 bridgehead atoms. The first kappa shape index (κ1) is 15.7. The second-order valence-electron chi connectivity index (χ2n) is 5.93. The Labute approximate surface area is 121 Å². The first-order valence-corrected chi connectivity index (χ1v) is 10.0. The predicted molar refractivity (Wildman–Crippen MR) is 85.8 cm³/mol. The normalized spacial score (nSPS) is 13.7. The van der Waals surface area contributed by atoms with Gasteiger partial charge < -0.3 is 9.74 Å². The van der Waals surface area contributed by atoms with E-state index in [1.165, 1.54) is 0 Å². The van der Waals surface area contributed by atoms with Crippen LogP contribution >= 0.6 is 15.9 Å². The van der Waals surface area contributed by atoms with Crippen LogP contribution < -0.4 is 5.32 Å². The Hall–Kier alpha value is -0.323. The quantitative estimate of drug-likeness (QED) is 0.814. The first-order valence-electron chi connectivity index (χ1n) is 6.44. The lowest BCUT2D eigenvalue weighted by Gasteiger charge is -2.33. The van der Waals surface area contributed by atoms with Crippen LogP contribution in [0.1, 0.15) is 20.8 Å². The Balaban J connectivity index is 2.59. The fraction of sp³-hybridized carbons (Fsp3) is 0.571. The highest BCUT2D eigenvalue weighted by molar-refractivity contribution is 9.10. The third-order valence-corrected chi connectivity index (χ3v) is 4.14. The monoisotopic (exact) mass is 329 g/mol. The molecule has 102 valence electrons. The lowest BCUT2D eigenvalue weighted by molar-refractivity contribution is 0.0979. The molecule has 0 heterocycles. The zero-order chi connectivity index (χ0) is 13.8. The van der Waals surface area contributed by atoms with Crippen LogP contribution in [-0.4, -0.2) is 21.7 Å². The van der Waals surface area contributed by atoms with Crippen LogP contribution in [0.4, 0.5) is 5.69 Å². The Bertz CT molecular complexity index is 359. The summed E-state index contributed by atoms with van der Waals surface area (Å²) in [5.74, 6) is 0. The number of hydrogen-bond acceptors (Lipinski definition) is 2. The lowest BCUT2D eigenvalue weighted by Crippen LogP contribution is -2.38. The third-order valence-electron chi connectivity index (χ3n) is 2.74. The van der Waals surface area contributed by atoms with Gasteiger partial charge in [0.25, 0.3) is 0 Å². The number of benzene rings is 1. The van der Waals surface area contributed by atoms with Crippen molar-refractivity contribution in [3.8, 4) is 0 Å². The van der Waals surface area contributed by atoms with E-state index in [0.29, 0.717) is 0 Å². The summed E-state index contributed by atoms with van der Waals surface area (Å²) in [4.78, 5) is 0. The zero-order valence-electron chi connectivity index (χ0n) is 12.0. The maximum atomic E-state index is 6.13. The summed E-state index contributed by atoms with van der Waals surface area (Å²) in [5, 5.41) is 3.46. The molecule has 1 aromatic carbocycles. The van der Waals surface area contributed by atoms with Gasteiger partial charge >= 0.3 is 0 Å². The van der Waals surface area contributed by atoms with Crippen molar-refractivity contribution < 1.29 is 4.43 Å². The van der Waals surface area contributed by atoms with E-state index in [4.69, 9.17) is 4.43 Å². The smallest absolute Gasteiger partial charge is 0.171 e. The maximum absolute atomic E-state index is 6.13. The predicted octanol–water partition coefficient (Wildman–Crippen LogP) is 4.28. The topological polar surface area (TPSA) is 21.3 Å². The molecule has 1 atom stereocenters. The van der Waals surface area contributed by atoms with Gasteiger partial charge in [0, 0.05) is 16.7 Å². The van der Waals surface area contributed by atoms with E-state index in [-0.39, 0.29) is 11.5 Å². The molecule has 0 saturated carbocycles. The maximum Gasteiger partial charge on any atom is 0.171 e. The summed E-state index contributed by atoms with van der Waals surface area (Å²) in [6.07, 6.45) is 0.257. The minimum Gasteiger partial charge on any atom is -0.415 e. The van der Waals surface area contributed by atoms with Gasteiger partial charge in [-0.3, -0.25) is 0 Å². The second-order valence-corrected chi connectivity index (χ2v) is 9.21. The average Bonchev–Trinajstić information content (AvgIpc) is 2.24. The van der Waals surface area contributed by atoms with E-state index in [0.717, 1.165) is 16.7 Å². The van der Waals surface area contributed by atoms with Crippen LogP contribution in [0.5, 0.6) is 0 Å². The van der Waals surface area contributed by atoms with Crippen LogP contribution in [0, 0.1) is 5.41 Å². The van der Waals surface area contributed by atoms with Gasteiger partial charge in [-0.05, 0) is 42.8 Å². The minimum absolute atomic E-state index is 0.166. The van der Waals surface area contributed by atoms with Gasteiger partial charge in [0.05, 0.1) is 6.10 Å². The molecule has 1 rings (SSSR count). The highest BCUT2D eigenvalue weighted by Crippen LogP contribution is 2.24. The highest BCUT2D eigenvalue weighted by Gasteiger charge is 2.25. The standard InChI is InChI=1S/C14H24BrNOSi/c1-14(2,3)13(17-18(4)5)10-16-12-8-6-11(15)7-9-12/h6-9,13,16,18H,10H2,1-5H3. The lowest BCUT2D eigenvalue weighted by atomic mass is 9.89. The van der Waals surface area contributed by atoms with E-state index >= 15 is 0 Å². The molecule has 2 nitrogen and oxygen atoms in total. The van der Waals surface area contributed by atoms with Gasteiger partial charge in [-0.1, -0.05) is 36.7 Å². The molecule has 0 saturated heterocycles. The summed E-state index contributed by atoms with van der Waals surface area (Å²) in [6.45, 7) is 12.0. The van der Waals surface area contributed by atoms with Crippen molar-refractivity contribution in [2.75, 3.05) is 11.9 Å². The van der Waals surface area contributed by atoms with Crippen molar-refractivity contribution in [2.45, 2.75) is 40.0 Å². The van der Waals surface area contributed by atoms with Gasteiger partial charge in [0.1, 0.15) is 0 Å². The molecule has 0 aromatic heterocycles. The van der Waals surface area contributed by atoms with Crippen LogP contribution in [0.25, 0.3) is 0 Å². The van der Waals surface area contributed by atoms with Gasteiger partial charge in [-0.15, -0.1) is 0 Å². The molecular formula is C14H24BrNOSi. The van der Waals surface area contributed by atoms with Crippen molar-refractivity contribution >= 4 is 30.7 Å². The summed E-state index contributed by atoms with van der Waals surface area (Å²) >= 11 is 3.44. The van der Waals surface area contributed by atoms with Gasteiger partial charge in [-0.2, -0.15) is 0 Å². The summed E-state index contributed by atoms with van der Waals surface area (Å²) in [5.41, 5.74) is 1.31. The van der Waals surface area contributed by atoms with E-state index in [1.54, 1.807) is 0 Å². The van der Waals surface area contributed by atoms with Crippen LogP contribution in [0.3, 0.4) is 0 Å². The van der Waals surface area contributed by atoms with Crippen molar-refractivity contribution in [3.05, 3.63) is 28.7 Å². The second kappa shape index (κ2) is 6.73. The fourth-order valence-corrected chi connectivity index (χ4v) is 3.09. The van der Waals surface area contributed by atoms with Crippen LogP contribution in [-0.2, 0) is 4.43 Å². The van der Waals surface area contributed by atoms with Crippen LogP contribution in [0.15, 0.2) is 28.7 Å². The van der Waals surface area contributed by atoms with Crippen molar-refractivity contribution in [1.82, 2.24) is 0 Å². The summed E-state index contributed by atoms with van der Waals surface area (Å²) in [7, 11) is -1.01. The zero-order valence-corrected chi connectivity index (χ0v) is 14.7. The Morgan fingerprint density at radius 3 is 2.22 bits per heavy atom. The Kier molecular flexibility index (Phi) is 5.88. The molecule has 0 fully saturated rings. The molecule has 4 heteroatoms. The minimum atomic E-state index is -1.01. The number of nitrogens with one attached hydrogen (secondary N) is 1. The molecule has 1 unspecified atom stereocenters. The number of halogens is 1. The molecule has 18 heavy (non-hydrogen) atoms. The molecule has 0 amide bonds. The molecule has 0 aliphatic heterocycles. The third kappa shape index (κ3) is 5.55. The first-order chi connectivity index (χ1) is 8.29. The van der Waals surface area contributed by atoms with Gasteiger partial charge in [0.2, 0.25) is 0 Å². The van der Waals surface area contributed by atoms with Crippen LogP contribution in [0.2, 0.25) is 13.1 Å². The van der Waals surface area contributed by atoms with Gasteiger partial charge in [-0.25, -0.2) is 0 Å². The number of hydrogen-bond donors (Lipinski definition) is 1. The molecule has 1 N–H and O–H groups in total. The average molecular weight is 330 g/mol. The largest absolute Gasteiger partial charge is 0.415 e. The fourth-order valence-electron chi connectivity index (χ4n) is 1.67. The van der Waals surface area contributed by atoms with Gasteiger partial charge in [0.15, 0.2) is 9.04 Å². The van der Waals surface area contributed by atoms with Crippen molar-refractivity contribution in [2.24, 2.45) is 5.41 Å². The molecule has 0 spiro atoms. The molecule has 0 aliphatic rings. The SMILES string of the molecule is C[SiH](C)OC(CNc1ccc(Br)cc1)C(C)(C)C. The van der Waals surface area contributed by atoms with E-state index < -0.39 is 9.04 Å². The molecule has 0 radical (unpaired) electrons. The summed E-state index contributed by atoms with van der Waals surface area (Å²) < 4.78 is 7.23. The highest BCUT2D eigenvalue weighted by atomic mass is 79.9. The Morgan fingerprint density at radius 2 is 1.78 bits per heavy atom. The van der Waals surface area contributed by atoms with Crippen molar-refractivity contribution in [1.29, 1.82) is 0 Å². The van der Waals surface area contributed by atoms with E-state index in [2.05, 4.69) is 67.2 Å². The van der Waals surface area contributed by atoms with E-state index in [9.17, 15) is 0 Å². The Morgan fingerprint density at radius 1 is 1.22 bits per heavy atom. The number of rotatable bonds is 5. The molecule has 1 aromatic rings. The summed E-state index contributed by atoms with van der Waals surface area (Å²) in [6, 6.07) is 8.26. The number of anilines is 1.